The number of anilines is 1. The van der Waals surface area contributed by atoms with Crippen LogP contribution in [0, 0.1) is 0 Å². The molecule has 1 saturated carbocycles. The van der Waals surface area contributed by atoms with Crippen molar-refractivity contribution in [3.05, 3.63) is 35.9 Å². The maximum atomic E-state index is 5.98. The van der Waals surface area contributed by atoms with Crippen molar-refractivity contribution in [2.24, 2.45) is 5.73 Å². The van der Waals surface area contributed by atoms with Crippen molar-refractivity contribution in [3.63, 3.8) is 0 Å². The van der Waals surface area contributed by atoms with Crippen LogP contribution in [0.15, 0.2) is 30.3 Å². The van der Waals surface area contributed by atoms with E-state index < -0.39 is 0 Å². The maximum Gasteiger partial charge on any atom is 0.132 e. The highest BCUT2D eigenvalue weighted by Gasteiger charge is 2.28. The number of fused-ring (bicyclic) bond motifs is 1. The molecule has 0 saturated heterocycles. The minimum absolute atomic E-state index is 0.161. The van der Waals surface area contributed by atoms with Gasteiger partial charge in [-0.15, -0.1) is 0 Å². The normalized spacial score (nSPS) is 16.6. The summed E-state index contributed by atoms with van der Waals surface area (Å²) in [5.41, 5.74) is 8.32. The van der Waals surface area contributed by atoms with Gasteiger partial charge in [0.25, 0.3) is 0 Å². The number of pyridine rings is 1. The van der Waals surface area contributed by atoms with Crippen molar-refractivity contribution in [1.82, 2.24) is 4.98 Å². The lowest BCUT2D eigenvalue weighted by molar-refractivity contribution is 0.731. The minimum atomic E-state index is 0.161. The molecule has 1 unspecified atom stereocenters. The number of rotatable bonds is 4. The second kappa shape index (κ2) is 4.82. The molecule has 1 aromatic heterocycles. The summed E-state index contributed by atoms with van der Waals surface area (Å²) in [5.74, 6) is 1.11. The van der Waals surface area contributed by atoms with E-state index in [2.05, 4.69) is 43.1 Å². The number of aromatic nitrogens is 1. The van der Waals surface area contributed by atoms with Crippen LogP contribution < -0.4 is 10.6 Å². The third-order valence-electron chi connectivity index (χ3n) is 3.75. The van der Waals surface area contributed by atoms with E-state index in [1.165, 1.54) is 23.8 Å². The molecule has 1 fully saturated rings. The van der Waals surface area contributed by atoms with E-state index in [0.717, 1.165) is 17.8 Å². The quantitative estimate of drug-likeness (QED) is 0.913. The molecule has 2 aromatic rings. The van der Waals surface area contributed by atoms with Gasteiger partial charge < -0.3 is 10.6 Å². The molecule has 1 aliphatic rings. The van der Waals surface area contributed by atoms with Crippen LogP contribution in [0.2, 0.25) is 0 Å². The van der Waals surface area contributed by atoms with Crippen molar-refractivity contribution in [2.75, 3.05) is 11.9 Å². The molecule has 1 heterocycles. The predicted octanol–water partition coefficient (Wildman–Crippen LogP) is 2.72. The number of hydrogen-bond donors (Lipinski definition) is 1. The third kappa shape index (κ3) is 2.56. The summed E-state index contributed by atoms with van der Waals surface area (Å²) in [6.45, 7) is 2.05. The Morgan fingerprint density at radius 2 is 2.11 bits per heavy atom. The SMILES string of the molecule is CC(N)Cc1cc2ccccc2nc1N(C)C1CC1. The Kier molecular flexibility index (Phi) is 3.15. The molecule has 0 bridgehead atoms. The van der Waals surface area contributed by atoms with E-state index in [9.17, 15) is 0 Å². The molecule has 3 nitrogen and oxygen atoms in total. The Morgan fingerprint density at radius 1 is 1.37 bits per heavy atom. The van der Waals surface area contributed by atoms with Gasteiger partial charge in [-0.25, -0.2) is 4.98 Å². The maximum absolute atomic E-state index is 5.98. The first kappa shape index (κ1) is 12.4. The van der Waals surface area contributed by atoms with Crippen molar-refractivity contribution in [3.8, 4) is 0 Å². The van der Waals surface area contributed by atoms with E-state index in [-0.39, 0.29) is 6.04 Å². The zero-order chi connectivity index (χ0) is 13.4. The predicted molar refractivity (Wildman–Crippen MR) is 80.5 cm³/mol. The Morgan fingerprint density at radius 3 is 2.79 bits per heavy atom. The van der Waals surface area contributed by atoms with Crippen molar-refractivity contribution < 1.29 is 0 Å². The molecule has 0 radical (unpaired) electrons. The van der Waals surface area contributed by atoms with E-state index in [0.29, 0.717) is 6.04 Å². The smallest absolute Gasteiger partial charge is 0.132 e. The molecule has 2 N–H and O–H groups in total. The summed E-state index contributed by atoms with van der Waals surface area (Å²) in [6, 6.07) is 11.4. The lowest BCUT2D eigenvalue weighted by Gasteiger charge is -2.22. The largest absolute Gasteiger partial charge is 0.356 e. The first-order chi connectivity index (χ1) is 9.15. The van der Waals surface area contributed by atoms with Gasteiger partial charge in [-0.3, -0.25) is 0 Å². The summed E-state index contributed by atoms with van der Waals surface area (Å²) in [7, 11) is 2.15. The Bertz CT molecular complexity index is 588. The lowest BCUT2D eigenvalue weighted by Crippen LogP contribution is -2.25. The summed E-state index contributed by atoms with van der Waals surface area (Å²) in [4.78, 5) is 7.18. The monoisotopic (exact) mass is 255 g/mol. The highest BCUT2D eigenvalue weighted by atomic mass is 15.2. The fraction of sp³-hybridized carbons (Fsp3) is 0.438. The van der Waals surface area contributed by atoms with Gasteiger partial charge >= 0.3 is 0 Å². The van der Waals surface area contributed by atoms with Crippen LogP contribution in [0.25, 0.3) is 10.9 Å². The molecular formula is C16H21N3. The van der Waals surface area contributed by atoms with Gasteiger partial charge in [0.15, 0.2) is 0 Å². The van der Waals surface area contributed by atoms with Gasteiger partial charge in [0.1, 0.15) is 5.82 Å². The van der Waals surface area contributed by atoms with Crippen LogP contribution in [-0.2, 0) is 6.42 Å². The van der Waals surface area contributed by atoms with E-state index in [1.807, 2.05) is 6.07 Å². The second-order valence-corrected chi connectivity index (χ2v) is 5.69. The molecular weight excluding hydrogens is 234 g/mol. The number of benzene rings is 1. The van der Waals surface area contributed by atoms with Gasteiger partial charge in [0.2, 0.25) is 0 Å². The van der Waals surface area contributed by atoms with Gasteiger partial charge in [0.05, 0.1) is 5.52 Å². The molecule has 100 valence electrons. The lowest BCUT2D eigenvalue weighted by atomic mass is 10.1. The fourth-order valence-corrected chi connectivity index (χ4v) is 2.59. The van der Waals surface area contributed by atoms with Crippen LogP contribution in [0.1, 0.15) is 25.3 Å². The zero-order valence-corrected chi connectivity index (χ0v) is 11.6. The van der Waals surface area contributed by atoms with Crippen molar-refractivity contribution >= 4 is 16.7 Å². The van der Waals surface area contributed by atoms with Gasteiger partial charge in [0, 0.05) is 24.5 Å². The van der Waals surface area contributed by atoms with Gasteiger partial charge in [-0.2, -0.15) is 0 Å². The van der Waals surface area contributed by atoms with E-state index >= 15 is 0 Å². The van der Waals surface area contributed by atoms with Crippen LogP contribution in [0.5, 0.6) is 0 Å². The summed E-state index contributed by atoms with van der Waals surface area (Å²) >= 11 is 0. The van der Waals surface area contributed by atoms with Crippen LogP contribution in [0.4, 0.5) is 5.82 Å². The number of nitrogens with zero attached hydrogens (tertiary/aromatic N) is 2. The van der Waals surface area contributed by atoms with Crippen molar-refractivity contribution in [1.29, 1.82) is 0 Å². The minimum Gasteiger partial charge on any atom is -0.356 e. The van der Waals surface area contributed by atoms with Crippen molar-refractivity contribution in [2.45, 2.75) is 38.3 Å². The zero-order valence-electron chi connectivity index (χ0n) is 11.6. The summed E-state index contributed by atoms with van der Waals surface area (Å²) in [6.07, 6.45) is 3.44. The number of hydrogen-bond acceptors (Lipinski definition) is 3. The third-order valence-corrected chi connectivity index (χ3v) is 3.75. The average Bonchev–Trinajstić information content (AvgIpc) is 3.20. The molecule has 3 heteroatoms. The number of para-hydroxylation sites is 1. The molecule has 0 aliphatic heterocycles. The Hall–Kier alpha value is -1.61. The highest BCUT2D eigenvalue weighted by Crippen LogP contribution is 2.32. The second-order valence-electron chi connectivity index (χ2n) is 5.69. The Labute approximate surface area is 114 Å². The molecule has 1 aliphatic carbocycles. The topological polar surface area (TPSA) is 42.1 Å². The number of nitrogens with two attached hydrogens (primary N) is 1. The fourth-order valence-electron chi connectivity index (χ4n) is 2.59. The molecule has 3 rings (SSSR count). The molecule has 19 heavy (non-hydrogen) atoms. The molecule has 1 aromatic carbocycles. The van der Waals surface area contributed by atoms with Crippen LogP contribution >= 0.6 is 0 Å². The van der Waals surface area contributed by atoms with Crippen LogP contribution in [-0.4, -0.2) is 24.1 Å². The molecule has 0 amide bonds. The molecule has 0 spiro atoms. The molecule has 1 atom stereocenters. The highest BCUT2D eigenvalue weighted by molar-refractivity contribution is 5.82. The Balaban J connectivity index is 2.09. The van der Waals surface area contributed by atoms with Gasteiger partial charge in [-0.1, -0.05) is 18.2 Å². The average molecular weight is 255 g/mol. The standard InChI is InChI=1S/C16H21N3/c1-11(17)9-13-10-12-5-3-4-6-15(12)18-16(13)19(2)14-7-8-14/h3-6,10-11,14H,7-9,17H2,1-2H3. The summed E-state index contributed by atoms with van der Waals surface area (Å²) < 4.78 is 0. The first-order valence-corrected chi connectivity index (χ1v) is 7.02. The van der Waals surface area contributed by atoms with E-state index in [4.69, 9.17) is 10.7 Å². The van der Waals surface area contributed by atoms with E-state index in [1.54, 1.807) is 0 Å². The van der Waals surface area contributed by atoms with Crippen LogP contribution in [0.3, 0.4) is 0 Å². The van der Waals surface area contributed by atoms with Gasteiger partial charge in [-0.05, 0) is 43.9 Å². The summed E-state index contributed by atoms with van der Waals surface area (Å²) in [5, 5.41) is 1.20. The first-order valence-electron chi connectivity index (χ1n) is 7.02.